The van der Waals surface area contributed by atoms with Crippen LogP contribution in [0.15, 0.2) is 46.3 Å². The van der Waals surface area contributed by atoms with Crippen LogP contribution < -0.4 is 5.32 Å². The molecule has 0 bridgehead atoms. The molecule has 1 aliphatic carbocycles. The van der Waals surface area contributed by atoms with Crippen molar-refractivity contribution in [1.82, 2.24) is 10.2 Å². The lowest BCUT2D eigenvalue weighted by Crippen LogP contribution is -2.17. The molecule has 0 aromatic rings. The summed E-state index contributed by atoms with van der Waals surface area (Å²) >= 11 is 0. The van der Waals surface area contributed by atoms with Crippen LogP contribution in [0.25, 0.3) is 0 Å². The summed E-state index contributed by atoms with van der Waals surface area (Å²) in [6.07, 6.45) is 15.2. The van der Waals surface area contributed by atoms with Gasteiger partial charge in [-0.3, -0.25) is 0 Å². The highest BCUT2D eigenvalue weighted by atomic mass is 16.3. The molecule has 1 saturated carbocycles. The SMILES string of the molecule is C\C=C/C=C(\C=C\NCO)/C=N/N=C\N(C)C1CC1. The number of nitrogens with one attached hydrogen (secondary N) is 1. The molecule has 0 heterocycles. The number of aliphatic hydroxyl groups excluding tert-OH is 1. The lowest BCUT2D eigenvalue weighted by Gasteiger charge is -2.08. The van der Waals surface area contributed by atoms with Gasteiger partial charge in [-0.25, -0.2) is 0 Å². The molecule has 0 amide bonds. The second-order valence-corrected chi connectivity index (χ2v) is 4.26. The maximum Gasteiger partial charge on any atom is 0.114 e. The Kier molecular flexibility index (Phi) is 7.27. The molecule has 19 heavy (non-hydrogen) atoms. The summed E-state index contributed by atoms with van der Waals surface area (Å²) in [7, 11) is 2.01. The number of hydrogen-bond donors (Lipinski definition) is 2. The fourth-order valence-corrected chi connectivity index (χ4v) is 1.34. The zero-order valence-corrected chi connectivity index (χ0v) is 11.5. The highest BCUT2D eigenvalue weighted by Crippen LogP contribution is 2.23. The van der Waals surface area contributed by atoms with E-state index in [4.69, 9.17) is 5.11 Å². The first kappa shape index (κ1) is 15.2. The van der Waals surface area contributed by atoms with Crippen LogP contribution in [-0.4, -0.2) is 42.4 Å². The summed E-state index contributed by atoms with van der Waals surface area (Å²) in [5.74, 6) is 0. The standard InChI is InChI=1S/C14H22N4O/c1-3-4-5-13(8-9-15-12-19)10-16-17-11-18(2)14-6-7-14/h3-5,8-11,14-15,19H,6-7,12H2,1-2H3/b4-3-,9-8+,13-5+,16-10+,17-11-. The van der Waals surface area contributed by atoms with Crippen LogP contribution in [0.3, 0.4) is 0 Å². The fraction of sp³-hybridized carbons (Fsp3) is 0.429. The Hall–Kier alpha value is -1.88. The topological polar surface area (TPSA) is 60.2 Å². The van der Waals surface area contributed by atoms with Crippen LogP contribution >= 0.6 is 0 Å². The minimum absolute atomic E-state index is 0.0884. The van der Waals surface area contributed by atoms with Crippen molar-refractivity contribution in [2.45, 2.75) is 25.8 Å². The molecule has 0 aromatic carbocycles. The molecule has 5 nitrogen and oxygen atoms in total. The predicted molar refractivity (Wildman–Crippen MR) is 80.0 cm³/mol. The van der Waals surface area contributed by atoms with E-state index in [9.17, 15) is 0 Å². The van der Waals surface area contributed by atoms with Crippen molar-refractivity contribution >= 4 is 12.6 Å². The van der Waals surface area contributed by atoms with Crippen molar-refractivity contribution in [3.8, 4) is 0 Å². The zero-order valence-electron chi connectivity index (χ0n) is 11.5. The van der Waals surface area contributed by atoms with Crippen molar-refractivity contribution in [1.29, 1.82) is 0 Å². The van der Waals surface area contributed by atoms with Crippen molar-refractivity contribution < 1.29 is 5.11 Å². The Bertz CT molecular complexity index is 392. The first-order valence-corrected chi connectivity index (χ1v) is 6.40. The molecule has 0 spiro atoms. The van der Waals surface area contributed by atoms with E-state index in [0.717, 1.165) is 5.57 Å². The molecule has 0 aliphatic heterocycles. The highest BCUT2D eigenvalue weighted by Gasteiger charge is 2.24. The van der Waals surface area contributed by atoms with Crippen LogP contribution in [0, 0.1) is 0 Å². The van der Waals surface area contributed by atoms with Gasteiger partial charge in [-0.15, -0.1) is 5.10 Å². The number of allylic oxidation sites excluding steroid dienone is 5. The smallest absolute Gasteiger partial charge is 0.114 e. The van der Waals surface area contributed by atoms with Crippen molar-refractivity contribution in [2.75, 3.05) is 13.8 Å². The van der Waals surface area contributed by atoms with E-state index in [1.165, 1.54) is 12.8 Å². The van der Waals surface area contributed by atoms with Gasteiger partial charge >= 0.3 is 0 Å². The minimum atomic E-state index is -0.0884. The summed E-state index contributed by atoms with van der Waals surface area (Å²) < 4.78 is 0. The maximum absolute atomic E-state index is 8.63. The quantitative estimate of drug-likeness (QED) is 0.230. The predicted octanol–water partition coefficient (Wildman–Crippen LogP) is 1.65. The molecule has 0 aromatic heterocycles. The average Bonchev–Trinajstić information content (AvgIpc) is 3.24. The summed E-state index contributed by atoms with van der Waals surface area (Å²) in [5, 5.41) is 19.3. The van der Waals surface area contributed by atoms with Gasteiger partial charge in [0.15, 0.2) is 0 Å². The molecule has 0 unspecified atom stereocenters. The van der Waals surface area contributed by atoms with E-state index in [0.29, 0.717) is 6.04 Å². The maximum atomic E-state index is 8.63. The summed E-state index contributed by atoms with van der Waals surface area (Å²) in [5.41, 5.74) is 0.894. The van der Waals surface area contributed by atoms with Crippen LogP contribution in [-0.2, 0) is 0 Å². The van der Waals surface area contributed by atoms with Crippen molar-refractivity contribution in [2.24, 2.45) is 10.2 Å². The summed E-state index contributed by atoms with van der Waals surface area (Å²) in [4.78, 5) is 2.08. The van der Waals surface area contributed by atoms with Gasteiger partial charge < -0.3 is 15.3 Å². The van der Waals surface area contributed by atoms with Gasteiger partial charge in [0.05, 0.1) is 6.21 Å². The lowest BCUT2D eigenvalue weighted by atomic mass is 10.2. The molecule has 1 fully saturated rings. The highest BCUT2D eigenvalue weighted by molar-refractivity contribution is 5.82. The number of aliphatic hydroxyl groups is 1. The van der Waals surface area contributed by atoms with Crippen molar-refractivity contribution in [3.05, 3.63) is 36.1 Å². The van der Waals surface area contributed by atoms with Crippen molar-refractivity contribution in [3.63, 3.8) is 0 Å². The zero-order chi connectivity index (χ0) is 13.9. The largest absolute Gasteiger partial charge is 0.377 e. The van der Waals surface area contributed by atoms with Gasteiger partial charge in [0.2, 0.25) is 0 Å². The van der Waals surface area contributed by atoms with E-state index in [1.54, 1.807) is 18.8 Å². The normalized spacial score (nSPS) is 17.3. The monoisotopic (exact) mass is 262 g/mol. The molecule has 0 radical (unpaired) electrons. The average molecular weight is 262 g/mol. The molecule has 0 saturated heterocycles. The fourth-order valence-electron chi connectivity index (χ4n) is 1.34. The first-order chi connectivity index (χ1) is 9.27. The Balaban J connectivity index is 2.50. The summed E-state index contributed by atoms with van der Waals surface area (Å²) in [6.45, 7) is 1.86. The van der Waals surface area contributed by atoms with Gasteiger partial charge in [0, 0.05) is 13.1 Å². The van der Waals surface area contributed by atoms with Gasteiger partial charge in [0.1, 0.15) is 13.1 Å². The van der Waals surface area contributed by atoms with E-state index < -0.39 is 0 Å². The van der Waals surface area contributed by atoms with E-state index >= 15 is 0 Å². The van der Waals surface area contributed by atoms with Gasteiger partial charge in [-0.1, -0.05) is 18.2 Å². The summed E-state index contributed by atoms with van der Waals surface area (Å²) in [6, 6.07) is 0.644. The molecule has 2 N–H and O–H groups in total. The molecule has 104 valence electrons. The molecule has 1 aliphatic rings. The van der Waals surface area contributed by atoms with Crippen LogP contribution in [0.1, 0.15) is 19.8 Å². The van der Waals surface area contributed by atoms with Gasteiger partial charge in [-0.05, 0) is 37.6 Å². The second-order valence-electron chi connectivity index (χ2n) is 4.26. The van der Waals surface area contributed by atoms with Gasteiger partial charge in [-0.2, -0.15) is 5.10 Å². The Morgan fingerprint density at radius 3 is 2.84 bits per heavy atom. The Morgan fingerprint density at radius 2 is 2.21 bits per heavy atom. The first-order valence-electron chi connectivity index (χ1n) is 6.40. The molecule has 5 heteroatoms. The van der Waals surface area contributed by atoms with E-state index in [2.05, 4.69) is 20.4 Å². The molecular formula is C14H22N4O. The molecule has 1 rings (SSSR count). The number of nitrogens with zero attached hydrogens (tertiary/aromatic N) is 3. The Labute approximate surface area is 114 Å². The third-order valence-corrected chi connectivity index (χ3v) is 2.60. The Morgan fingerprint density at radius 1 is 1.42 bits per heavy atom. The third-order valence-electron chi connectivity index (χ3n) is 2.60. The van der Waals surface area contributed by atoms with Crippen LogP contribution in [0.5, 0.6) is 0 Å². The van der Waals surface area contributed by atoms with E-state index in [-0.39, 0.29) is 6.73 Å². The number of hydrogen-bond acceptors (Lipinski definition) is 4. The third kappa shape index (κ3) is 7.21. The number of rotatable bonds is 8. The van der Waals surface area contributed by atoms with Gasteiger partial charge in [0.25, 0.3) is 0 Å². The molecule has 0 atom stereocenters. The van der Waals surface area contributed by atoms with E-state index in [1.807, 2.05) is 38.3 Å². The molecular weight excluding hydrogens is 240 g/mol. The van der Waals surface area contributed by atoms with Crippen LogP contribution in [0.4, 0.5) is 0 Å². The van der Waals surface area contributed by atoms with Crippen LogP contribution in [0.2, 0.25) is 0 Å². The second kappa shape index (κ2) is 9.10. The lowest BCUT2D eigenvalue weighted by molar-refractivity contribution is 0.280. The minimum Gasteiger partial charge on any atom is -0.377 e.